The number of hydrogen-bond donors (Lipinski definition) is 1. The number of amidine groups is 1. The summed E-state index contributed by atoms with van der Waals surface area (Å²) in [4.78, 5) is 38.2. The normalized spacial score (nSPS) is 19.2. The second-order valence-electron chi connectivity index (χ2n) is 7.76. The van der Waals surface area contributed by atoms with E-state index >= 15 is 0 Å². The number of aryl methyl sites for hydroxylation is 2. The number of thioether (sulfide) groups is 1. The van der Waals surface area contributed by atoms with Gasteiger partial charge < -0.3 is 15.0 Å². The molecule has 0 bridgehead atoms. The topological polar surface area (TPSA) is 91.3 Å². The number of anilines is 1. The summed E-state index contributed by atoms with van der Waals surface area (Å²) in [6.45, 7) is 7.20. The van der Waals surface area contributed by atoms with Gasteiger partial charge in [0.15, 0.2) is 5.17 Å². The largest absolute Gasteiger partial charge is 0.492 e. The lowest BCUT2D eigenvalue weighted by Gasteiger charge is -2.29. The van der Waals surface area contributed by atoms with Crippen molar-refractivity contribution in [2.75, 3.05) is 18.1 Å². The number of benzene rings is 2. The van der Waals surface area contributed by atoms with E-state index in [1.54, 1.807) is 4.90 Å². The number of ether oxygens (including phenoxy) is 1. The molecule has 9 heteroatoms. The first kappa shape index (κ1) is 21.9. The Balaban J connectivity index is 1.67. The van der Waals surface area contributed by atoms with Crippen molar-refractivity contribution < 1.29 is 19.1 Å². The van der Waals surface area contributed by atoms with E-state index in [0.717, 1.165) is 34.3 Å². The van der Waals surface area contributed by atoms with Gasteiger partial charge in [0.1, 0.15) is 12.4 Å². The molecule has 2 heterocycles. The third-order valence-corrected chi connectivity index (χ3v) is 6.54. The molecule has 0 aliphatic carbocycles. The van der Waals surface area contributed by atoms with E-state index in [-0.39, 0.29) is 23.6 Å². The van der Waals surface area contributed by atoms with Crippen molar-refractivity contribution in [2.24, 2.45) is 5.10 Å². The molecule has 166 valence electrons. The van der Waals surface area contributed by atoms with Gasteiger partial charge in [0.05, 0.1) is 12.2 Å². The van der Waals surface area contributed by atoms with Crippen LogP contribution in [0.25, 0.3) is 0 Å². The van der Waals surface area contributed by atoms with Gasteiger partial charge in [-0.1, -0.05) is 30.3 Å². The van der Waals surface area contributed by atoms with Gasteiger partial charge in [0.2, 0.25) is 16.7 Å². The average molecular weight is 453 g/mol. The van der Waals surface area contributed by atoms with Crippen molar-refractivity contribution in [1.29, 1.82) is 0 Å². The number of rotatable bonds is 4. The fraction of sp³-hybridized carbons (Fsp3) is 0.304. The molecule has 0 fully saturated rings. The van der Waals surface area contributed by atoms with Crippen molar-refractivity contribution >= 4 is 40.3 Å². The lowest BCUT2D eigenvalue weighted by Crippen LogP contribution is -2.49. The van der Waals surface area contributed by atoms with Crippen molar-refractivity contribution in [3.05, 3.63) is 59.2 Å². The van der Waals surface area contributed by atoms with E-state index in [2.05, 4.69) is 10.4 Å². The predicted octanol–water partition coefficient (Wildman–Crippen LogP) is 2.88. The number of hydrogen-bond acceptors (Lipinski definition) is 6. The van der Waals surface area contributed by atoms with Gasteiger partial charge in [-0.15, -0.1) is 5.10 Å². The molecule has 0 aromatic heterocycles. The molecule has 0 radical (unpaired) electrons. The van der Waals surface area contributed by atoms with Crippen LogP contribution in [0.15, 0.2) is 47.6 Å². The van der Waals surface area contributed by atoms with Crippen LogP contribution in [0, 0.1) is 13.8 Å². The number of hydrazone groups is 1. The molecular formula is C23H24N4O4S. The number of fused-ring (bicyclic) bond motifs is 2. The van der Waals surface area contributed by atoms with Crippen molar-refractivity contribution in [2.45, 2.75) is 32.6 Å². The van der Waals surface area contributed by atoms with Crippen molar-refractivity contribution in [1.82, 2.24) is 10.3 Å². The minimum Gasteiger partial charge on any atom is -0.492 e. The van der Waals surface area contributed by atoms with Crippen LogP contribution in [0.5, 0.6) is 5.75 Å². The number of amides is 3. The first-order valence-electron chi connectivity index (χ1n) is 10.2. The molecule has 2 aliphatic rings. The molecule has 2 aromatic rings. The van der Waals surface area contributed by atoms with Gasteiger partial charge in [-0.05, 0) is 48.9 Å². The first-order valence-corrected chi connectivity index (χ1v) is 11.0. The number of nitrogens with zero attached hydrogens (tertiary/aromatic N) is 3. The summed E-state index contributed by atoms with van der Waals surface area (Å²) in [6, 6.07) is 13.3. The van der Waals surface area contributed by atoms with Crippen LogP contribution >= 0.6 is 11.8 Å². The van der Waals surface area contributed by atoms with Crippen LogP contribution in [0.2, 0.25) is 0 Å². The van der Waals surface area contributed by atoms with Crippen molar-refractivity contribution in [3.63, 3.8) is 0 Å². The first-order chi connectivity index (χ1) is 15.2. The molecule has 4 rings (SSSR count). The fourth-order valence-electron chi connectivity index (χ4n) is 4.02. The maximum atomic E-state index is 13.9. The smallest absolute Gasteiger partial charge is 0.270 e. The van der Waals surface area contributed by atoms with E-state index in [1.807, 2.05) is 56.3 Å². The Morgan fingerprint density at radius 1 is 1.16 bits per heavy atom. The Labute approximate surface area is 190 Å². The van der Waals surface area contributed by atoms with Gasteiger partial charge in [0.25, 0.3) is 5.91 Å². The number of carbonyl (C=O) groups excluding carboxylic acids is 3. The predicted molar refractivity (Wildman–Crippen MR) is 123 cm³/mol. The number of carbonyl (C=O) groups is 3. The molecule has 0 unspecified atom stereocenters. The maximum Gasteiger partial charge on any atom is 0.270 e. The van der Waals surface area contributed by atoms with E-state index in [1.165, 1.54) is 18.9 Å². The van der Waals surface area contributed by atoms with Crippen LogP contribution in [-0.2, 0) is 19.3 Å². The molecule has 8 nitrogen and oxygen atoms in total. The molecule has 3 amide bonds. The van der Waals surface area contributed by atoms with Crippen LogP contribution < -0.4 is 15.0 Å². The minimum atomic E-state index is -1.39. The van der Waals surface area contributed by atoms with E-state index in [4.69, 9.17) is 4.74 Å². The number of para-hydroxylation sites is 1. The van der Waals surface area contributed by atoms with Crippen LogP contribution in [0.3, 0.4) is 0 Å². The third kappa shape index (κ3) is 3.62. The lowest BCUT2D eigenvalue weighted by molar-refractivity contribution is -0.139. The summed E-state index contributed by atoms with van der Waals surface area (Å²) in [5.74, 6) is -0.279. The number of nitrogens with one attached hydrogen (secondary N) is 1. The Hall–Kier alpha value is -3.33. The minimum absolute atomic E-state index is 0.214. The SMILES string of the molecule is CC(=O)NC1=NN(C(C)=O)[C@@]2(S1)C(=O)N(CCOc1cccc(C)c1)c1c(C)cccc12. The van der Waals surface area contributed by atoms with Gasteiger partial charge in [-0.3, -0.25) is 14.4 Å². The Kier molecular flexibility index (Phi) is 5.68. The van der Waals surface area contributed by atoms with Crippen LogP contribution in [0.1, 0.15) is 30.5 Å². The third-order valence-electron chi connectivity index (χ3n) is 5.30. The quantitative estimate of drug-likeness (QED) is 0.770. The highest BCUT2D eigenvalue weighted by Gasteiger charge is 2.61. The van der Waals surface area contributed by atoms with Gasteiger partial charge in [-0.25, -0.2) is 0 Å². The molecule has 1 N–H and O–H groups in total. The maximum absolute atomic E-state index is 13.9. The van der Waals surface area contributed by atoms with E-state index in [0.29, 0.717) is 12.1 Å². The molecular weight excluding hydrogens is 428 g/mol. The monoisotopic (exact) mass is 452 g/mol. The van der Waals surface area contributed by atoms with E-state index in [9.17, 15) is 14.4 Å². The zero-order valence-corrected chi connectivity index (χ0v) is 19.2. The standard InChI is InChI=1S/C23H24N4O4S/c1-14-7-5-9-18(13-14)31-12-11-26-20-15(2)8-6-10-19(20)23(21(26)30)27(17(4)29)25-22(32-23)24-16(3)28/h5-10,13H,11-12H2,1-4H3,(H,24,25,28)/t23-/m0/s1. The average Bonchev–Trinajstić information content (AvgIpc) is 3.21. The zero-order valence-electron chi connectivity index (χ0n) is 18.3. The molecule has 1 spiro atoms. The summed E-state index contributed by atoms with van der Waals surface area (Å²) >= 11 is 1.07. The highest BCUT2D eigenvalue weighted by atomic mass is 32.2. The lowest BCUT2D eigenvalue weighted by atomic mass is 10.0. The molecule has 2 aliphatic heterocycles. The zero-order chi connectivity index (χ0) is 23.0. The summed E-state index contributed by atoms with van der Waals surface area (Å²) in [6.07, 6.45) is 0. The van der Waals surface area contributed by atoms with E-state index < -0.39 is 10.8 Å². The molecule has 1 atom stereocenters. The Morgan fingerprint density at radius 3 is 2.59 bits per heavy atom. The highest BCUT2D eigenvalue weighted by Crippen LogP contribution is 2.55. The molecule has 2 aromatic carbocycles. The van der Waals surface area contributed by atoms with Gasteiger partial charge >= 0.3 is 0 Å². The summed E-state index contributed by atoms with van der Waals surface area (Å²) in [7, 11) is 0. The van der Waals surface area contributed by atoms with Gasteiger partial charge in [0, 0.05) is 19.4 Å². The molecule has 0 saturated carbocycles. The second kappa shape index (κ2) is 8.31. The summed E-state index contributed by atoms with van der Waals surface area (Å²) < 4.78 is 5.88. The van der Waals surface area contributed by atoms with Crippen molar-refractivity contribution in [3.8, 4) is 5.75 Å². The fourth-order valence-corrected chi connectivity index (χ4v) is 5.35. The summed E-state index contributed by atoms with van der Waals surface area (Å²) in [5.41, 5.74) is 3.40. The second-order valence-corrected chi connectivity index (χ2v) is 8.94. The summed E-state index contributed by atoms with van der Waals surface area (Å²) in [5, 5.41) is 8.27. The Bertz CT molecular complexity index is 1150. The highest BCUT2D eigenvalue weighted by molar-refractivity contribution is 8.15. The molecule has 0 saturated heterocycles. The molecule has 32 heavy (non-hydrogen) atoms. The van der Waals surface area contributed by atoms with Crippen LogP contribution in [-0.4, -0.2) is 41.0 Å². The van der Waals surface area contributed by atoms with Crippen LogP contribution in [0.4, 0.5) is 5.69 Å². The van der Waals surface area contributed by atoms with Gasteiger partial charge in [-0.2, -0.15) is 5.01 Å². The Morgan fingerprint density at radius 2 is 1.91 bits per heavy atom.